The van der Waals surface area contributed by atoms with E-state index in [2.05, 4.69) is 5.10 Å². The van der Waals surface area contributed by atoms with E-state index in [0.29, 0.717) is 24.1 Å². The van der Waals surface area contributed by atoms with Crippen molar-refractivity contribution in [3.05, 3.63) is 47.8 Å². The van der Waals surface area contributed by atoms with Crippen molar-refractivity contribution >= 4 is 6.09 Å². The van der Waals surface area contributed by atoms with E-state index < -0.39 is 18.0 Å². The van der Waals surface area contributed by atoms with Gasteiger partial charge in [0.15, 0.2) is 0 Å². The van der Waals surface area contributed by atoms with Crippen molar-refractivity contribution in [2.45, 2.75) is 44.1 Å². The van der Waals surface area contributed by atoms with Crippen molar-refractivity contribution in [2.75, 3.05) is 20.8 Å². The number of benzene rings is 1. The molecule has 8 heteroatoms. The molecular formula is C20H27N3O5. The Balaban J connectivity index is 2.06. The number of hydrogen-bond acceptors (Lipinski definition) is 5. The van der Waals surface area contributed by atoms with Crippen molar-refractivity contribution in [1.29, 1.82) is 0 Å². The lowest BCUT2D eigenvalue weighted by Gasteiger charge is -2.42. The van der Waals surface area contributed by atoms with Crippen molar-refractivity contribution in [3.63, 3.8) is 0 Å². The van der Waals surface area contributed by atoms with Crippen LogP contribution >= 0.6 is 0 Å². The van der Waals surface area contributed by atoms with Gasteiger partial charge in [-0.2, -0.15) is 5.10 Å². The zero-order valence-electron chi connectivity index (χ0n) is 16.4. The molecule has 0 bridgehead atoms. The van der Waals surface area contributed by atoms with E-state index in [1.807, 2.05) is 37.3 Å². The molecule has 2 unspecified atom stereocenters. The number of hydrogen-bond donors (Lipinski definition) is 2. The number of carbonyl (C=O) groups is 1. The fourth-order valence-corrected chi connectivity index (χ4v) is 3.99. The predicted octanol–water partition coefficient (Wildman–Crippen LogP) is 2.90. The number of piperidine rings is 1. The molecule has 28 heavy (non-hydrogen) atoms. The van der Waals surface area contributed by atoms with Crippen LogP contribution in [0.2, 0.25) is 0 Å². The minimum Gasteiger partial charge on any atom is -0.465 e. The summed E-state index contributed by atoms with van der Waals surface area (Å²) in [5.74, 6) is 0. The zero-order chi connectivity index (χ0) is 20.3. The molecule has 2 N–H and O–H groups in total. The summed E-state index contributed by atoms with van der Waals surface area (Å²) in [5.41, 5.74) is 0.817. The van der Waals surface area contributed by atoms with Crippen LogP contribution in [0.4, 0.5) is 4.79 Å². The maximum atomic E-state index is 11.5. The second-order valence-corrected chi connectivity index (χ2v) is 7.02. The average Bonchev–Trinajstić information content (AvgIpc) is 3.15. The van der Waals surface area contributed by atoms with Crippen molar-refractivity contribution < 1.29 is 24.5 Å². The lowest BCUT2D eigenvalue weighted by molar-refractivity contribution is -0.114. The number of para-hydroxylation sites is 1. The number of carboxylic acid groups (broad SMARTS) is 1. The third-order valence-corrected chi connectivity index (χ3v) is 5.46. The minimum absolute atomic E-state index is 0.255. The van der Waals surface area contributed by atoms with E-state index >= 15 is 0 Å². The predicted molar refractivity (Wildman–Crippen MR) is 102 cm³/mol. The van der Waals surface area contributed by atoms with Crippen LogP contribution in [0.15, 0.2) is 36.5 Å². The maximum Gasteiger partial charge on any atom is 0.407 e. The largest absolute Gasteiger partial charge is 0.465 e. The Kier molecular flexibility index (Phi) is 6.02. The molecule has 0 aliphatic carbocycles. The van der Waals surface area contributed by atoms with Crippen LogP contribution in [0.25, 0.3) is 5.69 Å². The Bertz CT molecular complexity index is 805. The summed E-state index contributed by atoms with van der Waals surface area (Å²) < 4.78 is 12.7. The summed E-state index contributed by atoms with van der Waals surface area (Å²) >= 11 is 0. The first kappa shape index (κ1) is 20.3. The van der Waals surface area contributed by atoms with Gasteiger partial charge in [-0.15, -0.1) is 0 Å². The molecule has 2 heterocycles. The van der Waals surface area contributed by atoms with Crippen molar-refractivity contribution in [2.24, 2.45) is 0 Å². The first-order chi connectivity index (χ1) is 13.4. The van der Waals surface area contributed by atoms with Gasteiger partial charge in [0, 0.05) is 38.8 Å². The molecule has 0 spiro atoms. The molecule has 2 atom stereocenters. The van der Waals surface area contributed by atoms with E-state index in [9.17, 15) is 15.0 Å². The third kappa shape index (κ3) is 3.63. The van der Waals surface area contributed by atoms with Gasteiger partial charge < -0.3 is 24.6 Å². The molecule has 8 nitrogen and oxygen atoms in total. The zero-order valence-corrected chi connectivity index (χ0v) is 16.4. The number of aromatic nitrogens is 2. The first-order valence-corrected chi connectivity index (χ1v) is 9.36. The van der Waals surface area contributed by atoms with Gasteiger partial charge in [0.1, 0.15) is 5.69 Å². The highest BCUT2D eigenvalue weighted by molar-refractivity contribution is 5.65. The molecule has 2 aromatic rings. The standard InChI is InChI=1S/C20H27N3O5/c1-4-14-12-20(26,10-11-22(14)19(24)25)16-13-21-23(15-8-6-5-7-9-15)17(16)18(27-2)28-3/h5-9,13-14,18,26H,4,10-12H2,1-3H3,(H,24,25). The van der Waals surface area contributed by atoms with Crippen LogP contribution in [-0.2, 0) is 15.1 Å². The van der Waals surface area contributed by atoms with Gasteiger partial charge in [-0.25, -0.2) is 9.48 Å². The fourth-order valence-electron chi connectivity index (χ4n) is 3.99. The van der Waals surface area contributed by atoms with Gasteiger partial charge >= 0.3 is 6.09 Å². The van der Waals surface area contributed by atoms with Gasteiger partial charge in [0.05, 0.1) is 17.5 Å². The Morgan fingerprint density at radius 1 is 1.32 bits per heavy atom. The van der Waals surface area contributed by atoms with Gasteiger partial charge in [-0.05, 0) is 25.0 Å². The van der Waals surface area contributed by atoms with Crippen molar-refractivity contribution in [1.82, 2.24) is 14.7 Å². The van der Waals surface area contributed by atoms with Gasteiger partial charge in [-0.1, -0.05) is 25.1 Å². The summed E-state index contributed by atoms with van der Waals surface area (Å²) in [6.45, 7) is 2.18. The number of aliphatic hydroxyl groups is 1. The quantitative estimate of drug-likeness (QED) is 0.738. The summed E-state index contributed by atoms with van der Waals surface area (Å²) in [4.78, 5) is 12.9. The third-order valence-electron chi connectivity index (χ3n) is 5.46. The molecule has 1 aromatic carbocycles. The van der Waals surface area contributed by atoms with Crippen LogP contribution in [0, 0.1) is 0 Å². The first-order valence-electron chi connectivity index (χ1n) is 9.36. The number of nitrogens with zero attached hydrogens (tertiary/aromatic N) is 3. The molecule has 1 saturated heterocycles. The number of ether oxygens (including phenoxy) is 2. The second-order valence-electron chi connectivity index (χ2n) is 7.02. The lowest BCUT2D eigenvalue weighted by Crippen LogP contribution is -2.51. The lowest BCUT2D eigenvalue weighted by atomic mass is 9.80. The Labute approximate surface area is 164 Å². The summed E-state index contributed by atoms with van der Waals surface area (Å²) in [6.07, 6.45) is 1.15. The number of amides is 1. The Morgan fingerprint density at radius 3 is 2.57 bits per heavy atom. The molecule has 1 amide bonds. The molecule has 3 rings (SSSR count). The van der Waals surface area contributed by atoms with Crippen LogP contribution in [-0.4, -0.2) is 57.8 Å². The maximum absolute atomic E-state index is 11.5. The molecular weight excluding hydrogens is 362 g/mol. The molecule has 0 radical (unpaired) electrons. The van der Waals surface area contributed by atoms with E-state index in [4.69, 9.17) is 9.47 Å². The summed E-state index contributed by atoms with van der Waals surface area (Å²) in [6, 6.07) is 9.28. The summed E-state index contributed by atoms with van der Waals surface area (Å²) in [5, 5.41) is 25.5. The van der Waals surface area contributed by atoms with Crippen LogP contribution in [0.3, 0.4) is 0 Å². The topological polar surface area (TPSA) is 97.1 Å². The Hall–Kier alpha value is -2.42. The van der Waals surface area contributed by atoms with E-state index in [0.717, 1.165) is 5.69 Å². The van der Waals surface area contributed by atoms with Crippen LogP contribution in [0.5, 0.6) is 0 Å². The van der Waals surface area contributed by atoms with Crippen LogP contribution < -0.4 is 0 Å². The molecule has 1 aliphatic heterocycles. The minimum atomic E-state index is -1.22. The summed E-state index contributed by atoms with van der Waals surface area (Å²) in [7, 11) is 3.07. The van der Waals surface area contributed by atoms with Crippen molar-refractivity contribution in [3.8, 4) is 5.69 Å². The SMILES string of the molecule is CCC1CC(O)(c2cnn(-c3ccccc3)c2C(OC)OC)CCN1C(=O)O. The van der Waals surface area contributed by atoms with Gasteiger partial charge in [-0.3, -0.25) is 0 Å². The highest BCUT2D eigenvalue weighted by Crippen LogP contribution is 2.41. The smallest absolute Gasteiger partial charge is 0.407 e. The molecule has 1 aromatic heterocycles. The van der Waals surface area contributed by atoms with E-state index in [-0.39, 0.29) is 19.0 Å². The van der Waals surface area contributed by atoms with E-state index in [1.165, 1.54) is 19.1 Å². The number of rotatable bonds is 6. The number of methoxy groups -OCH3 is 2. The molecule has 152 valence electrons. The molecule has 1 fully saturated rings. The van der Waals surface area contributed by atoms with E-state index in [1.54, 1.807) is 10.9 Å². The second kappa shape index (κ2) is 8.30. The monoisotopic (exact) mass is 389 g/mol. The number of likely N-dealkylation sites (tertiary alicyclic amines) is 1. The molecule has 1 aliphatic rings. The fraction of sp³-hybridized carbons (Fsp3) is 0.500. The normalized spacial score (nSPS) is 22.6. The van der Waals surface area contributed by atoms with Crippen LogP contribution in [0.1, 0.15) is 43.7 Å². The Morgan fingerprint density at radius 2 is 2.00 bits per heavy atom. The average molecular weight is 389 g/mol. The van der Waals surface area contributed by atoms with Gasteiger partial charge in [0.25, 0.3) is 0 Å². The highest BCUT2D eigenvalue weighted by Gasteiger charge is 2.44. The highest BCUT2D eigenvalue weighted by atomic mass is 16.7. The van der Waals surface area contributed by atoms with Gasteiger partial charge in [0.2, 0.25) is 6.29 Å². The molecule has 0 saturated carbocycles.